The van der Waals surface area contributed by atoms with Gasteiger partial charge in [0.15, 0.2) is 0 Å². The van der Waals surface area contributed by atoms with Crippen LogP contribution in [0.5, 0.6) is 0 Å². The second-order valence-electron chi connectivity index (χ2n) is 6.43. The minimum absolute atomic E-state index is 0.0680. The molecule has 0 aliphatic carbocycles. The average molecular weight is 433 g/mol. The Balaban J connectivity index is 1.49. The second-order valence-corrected chi connectivity index (χ2v) is 9.81. The van der Waals surface area contributed by atoms with Gasteiger partial charge in [0, 0.05) is 29.4 Å². The fourth-order valence-corrected chi connectivity index (χ4v) is 5.37. The van der Waals surface area contributed by atoms with Crippen LogP contribution in [0.3, 0.4) is 0 Å². The fourth-order valence-electron chi connectivity index (χ4n) is 3.19. The first-order valence-corrected chi connectivity index (χ1v) is 11.4. The molecule has 0 spiro atoms. The molecule has 0 bridgehead atoms. The van der Waals surface area contributed by atoms with E-state index in [9.17, 15) is 13.2 Å². The minimum Gasteiger partial charge on any atom is -0.308 e. The molecule has 0 saturated carbocycles. The summed E-state index contributed by atoms with van der Waals surface area (Å²) in [5.41, 5.74) is 3.35. The van der Waals surface area contributed by atoms with Gasteiger partial charge in [-0.1, -0.05) is 29.8 Å². The van der Waals surface area contributed by atoms with E-state index in [-0.39, 0.29) is 12.5 Å². The van der Waals surface area contributed by atoms with Crippen molar-refractivity contribution in [3.8, 4) is 0 Å². The van der Waals surface area contributed by atoms with Crippen molar-refractivity contribution < 1.29 is 13.2 Å². The summed E-state index contributed by atoms with van der Waals surface area (Å²) in [5.74, 6) is -0.0680. The van der Waals surface area contributed by atoms with Gasteiger partial charge < -0.3 is 4.90 Å². The standard InChI is InChI=1S/C20H17ClN2O3S2/c21-17-6-4-15(5-7-17)20(24)23-10-9-16-12-14(3-8-18(16)23)13-22-28(25,26)19-2-1-11-27-19/h1-8,11-12,22H,9-10,13H2. The van der Waals surface area contributed by atoms with E-state index < -0.39 is 10.0 Å². The van der Waals surface area contributed by atoms with Crippen LogP contribution < -0.4 is 9.62 Å². The van der Waals surface area contributed by atoms with Gasteiger partial charge in [0.05, 0.1) is 0 Å². The number of fused-ring (bicyclic) bond motifs is 1. The Morgan fingerprint density at radius 2 is 1.93 bits per heavy atom. The third kappa shape index (κ3) is 3.84. The van der Waals surface area contributed by atoms with Gasteiger partial charge in [-0.05, 0) is 59.3 Å². The molecular weight excluding hydrogens is 416 g/mol. The number of hydrogen-bond acceptors (Lipinski definition) is 4. The summed E-state index contributed by atoms with van der Waals surface area (Å²) in [6.45, 7) is 0.805. The number of halogens is 1. The number of thiophene rings is 1. The van der Waals surface area contributed by atoms with E-state index in [4.69, 9.17) is 11.6 Å². The second kappa shape index (κ2) is 7.67. The predicted octanol–water partition coefficient (Wildman–Crippen LogP) is 4.08. The van der Waals surface area contributed by atoms with Crippen LogP contribution >= 0.6 is 22.9 Å². The molecule has 1 aromatic heterocycles. The predicted molar refractivity (Wildman–Crippen MR) is 112 cm³/mol. The van der Waals surface area contributed by atoms with E-state index in [1.165, 1.54) is 11.3 Å². The number of rotatable bonds is 5. The maximum Gasteiger partial charge on any atom is 0.258 e. The van der Waals surface area contributed by atoms with E-state index in [1.807, 2.05) is 18.2 Å². The van der Waals surface area contributed by atoms with E-state index >= 15 is 0 Å². The Morgan fingerprint density at radius 3 is 2.64 bits per heavy atom. The molecule has 1 amide bonds. The zero-order valence-electron chi connectivity index (χ0n) is 14.8. The van der Waals surface area contributed by atoms with Gasteiger partial charge in [-0.25, -0.2) is 13.1 Å². The van der Waals surface area contributed by atoms with Crippen molar-refractivity contribution in [2.24, 2.45) is 0 Å². The first-order chi connectivity index (χ1) is 13.4. The molecule has 28 heavy (non-hydrogen) atoms. The highest BCUT2D eigenvalue weighted by Crippen LogP contribution is 2.30. The summed E-state index contributed by atoms with van der Waals surface area (Å²) < 4.78 is 27.4. The number of sulfonamides is 1. The Labute approximate surface area is 172 Å². The maximum absolute atomic E-state index is 12.8. The summed E-state index contributed by atoms with van der Waals surface area (Å²) in [6.07, 6.45) is 0.736. The van der Waals surface area contributed by atoms with E-state index in [2.05, 4.69) is 4.72 Å². The summed E-state index contributed by atoms with van der Waals surface area (Å²) >= 11 is 7.08. The third-order valence-electron chi connectivity index (χ3n) is 4.60. The van der Waals surface area contributed by atoms with Crippen LogP contribution in [0.15, 0.2) is 64.2 Å². The van der Waals surface area contributed by atoms with Crippen LogP contribution in [0.2, 0.25) is 5.02 Å². The molecule has 5 nitrogen and oxygen atoms in total. The van der Waals surface area contributed by atoms with Crippen molar-refractivity contribution in [1.29, 1.82) is 0 Å². The van der Waals surface area contributed by atoms with Crippen molar-refractivity contribution in [2.75, 3.05) is 11.4 Å². The molecule has 2 heterocycles. The molecule has 0 saturated heterocycles. The van der Waals surface area contributed by atoms with Crippen molar-refractivity contribution in [3.05, 3.63) is 81.7 Å². The van der Waals surface area contributed by atoms with Crippen molar-refractivity contribution >= 4 is 44.6 Å². The Kier molecular flexibility index (Phi) is 5.25. The van der Waals surface area contributed by atoms with Crippen LogP contribution in [0.25, 0.3) is 0 Å². The molecule has 144 valence electrons. The van der Waals surface area contributed by atoms with Crippen molar-refractivity contribution in [3.63, 3.8) is 0 Å². The lowest BCUT2D eigenvalue weighted by molar-refractivity contribution is 0.0989. The molecule has 1 aliphatic heterocycles. The molecule has 1 N–H and O–H groups in total. The summed E-state index contributed by atoms with van der Waals surface area (Å²) in [7, 11) is -3.50. The van der Waals surface area contributed by atoms with Crippen LogP contribution in [0.4, 0.5) is 5.69 Å². The normalized spacial score (nSPS) is 13.5. The van der Waals surface area contributed by atoms with Gasteiger partial charge >= 0.3 is 0 Å². The SMILES string of the molecule is O=C(c1ccc(Cl)cc1)N1CCc2cc(CNS(=O)(=O)c3cccs3)ccc21. The number of amides is 1. The number of carbonyl (C=O) groups is 1. The molecule has 0 unspecified atom stereocenters. The van der Waals surface area contributed by atoms with E-state index in [0.717, 1.165) is 23.2 Å². The number of benzene rings is 2. The van der Waals surface area contributed by atoms with Gasteiger partial charge in [0.2, 0.25) is 10.0 Å². The highest BCUT2D eigenvalue weighted by molar-refractivity contribution is 7.91. The zero-order valence-corrected chi connectivity index (χ0v) is 17.2. The summed E-state index contributed by atoms with van der Waals surface area (Å²) in [5, 5.41) is 2.32. The lowest BCUT2D eigenvalue weighted by Gasteiger charge is -2.18. The highest BCUT2D eigenvalue weighted by atomic mass is 35.5. The molecular formula is C20H17ClN2O3S2. The molecule has 2 aromatic carbocycles. The lowest BCUT2D eigenvalue weighted by Crippen LogP contribution is -2.28. The topological polar surface area (TPSA) is 66.5 Å². The van der Waals surface area contributed by atoms with Gasteiger partial charge in [-0.3, -0.25) is 4.79 Å². The monoisotopic (exact) mass is 432 g/mol. The van der Waals surface area contributed by atoms with Gasteiger partial charge in [0.25, 0.3) is 5.91 Å². The van der Waals surface area contributed by atoms with Gasteiger partial charge in [-0.15, -0.1) is 11.3 Å². The molecule has 0 radical (unpaired) electrons. The number of nitrogens with zero attached hydrogens (tertiary/aromatic N) is 1. The van der Waals surface area contributed by atoms with E-state index in [0.29, 0.717) is 21.3 Å². The van der Waals surface area contributed by atoms with Crippen LogP contribution in [0.1, 0.15) is 21.5 Å². The quantitative estimate of drug-likeness (QED) is 0.660. The molecule has 0 fully saturated rings. The zero-order chi connectivity index (χ0) is 19.7. The smallest absolute Gasteiger partial charge is 0.258 e. The molecule has 1 aliphatic rings. The molecule has 0 atom stereocenters. The first kappa shape index (κ1) is 19.1. The highest BCUT2D eigenvalue weighted by Gasteiger charge is 2.26. The van der Waals surface area contributed by atoms with Crippen LogP contribution in [-0.4, -0.2) is 20.9 Å². The number of hydrogen-bond donors (Lipinski definition) is 1. The number of carbonyl (C=O) groups excluding carboxylic acids is 1. The number of anilines is 1. The average Bonchev–Trinajstić information content (AvgIpc) is 3.36. The van der Waals surface area contributed by atoms with Crippen LogP contribution in [-0.2, 0) is 23.0 Å². The van der Waals surface area contributed by atoms with Gasteiger partial charge in [0.1, 0.15) is 4.21 Å². The lowest BCUT2D eigenvalue weighted by atomic mass is 10.1. The fraction of sp³-hybridized carbons (Fsp3) is 0.150. The first-order valence-electron chi connectivity index (χ1n) is 8.66. The molecule has 3 aromatic rings. The Morgan fingerprint density at radius 1 is 1.14 bits per heavy atom. The largest absolute Gasteiger partial charge is 0.308 e. The van der Waals surface area contributed by atoms with Crippen molar-refractivity contribution in [1.82, 2.24) is 4.72 Å². The Hall–Kier alpha value is -2.19. The van der Waals surface area contributed by atoms with Gasteiger partial charge in [-0.2, -0.15) is 0 Å². The molecule has 4 rings (SSSR count). The third-order valence-corrected chi connectivity index (χ3v) is 7.65. The van der Waals surface area contributed by atoms with E-state index in [1.54, 1.807) is 46.7 Å². The van der Waals surface area contributed by atoms with Crippen LogP contribution in [0, 0.1) is 0 Å². The van der Waals surface area contributed by atoms with Crippen molar-refractivity contribution in [2.45, 2.75) is 17.2 Å². The Bertz CT molecular complexity index is 1110. The summed E-state index contributed by atoms with van der Waals surface area (Å²) in [6, 6.07) is 15.8. The minimum atomic E-state index is -3.50. The number of nitrogens with one attached hydrogen (secondary N) is 1. The molecule has 8 heteroatoms. The summed E-state index contributed by atoms with van der Waals surface area (Å²) in [4.78, 5) is 14.5. The maximum atomic E-state index is 12.8.